The molecule has 0 amide bonds. The molecule has 2 heterocycles. The number of hydrogen-bond acceptors (Lipinski definition) is 3. The van der Waals surface area contributed by atoms with Crippen molar-refractivity contribution in [1.29, 1.82) is 0 Å². The van der Waals surface area contributed by atoms with E-state index in [2.05, 4.69) is 9.97 Å². The fourth-order valence-electron chi connectivity index (χ4n) is 1.27. The van der Waals surface area contributed by atoms with Crippen molar-refractivity contribution in [3.05, 3.63) is 38.7 Å². The van der Waals surface area contributed by atoms with E-state index < -0.39 is 5.69 Å². The highest BCUT2D eigenvalue weighted by Gasteiger charge is 2.04. The lowest BCUT2D eigenvalue weighted by atomic mass is 10.3. The first-order chi connectivity index (χ1) is 6.59. The molecule has 0 radical (unpaired) electrons. The molecule has 0 bridgehead atoms. The van der Waals surface area contributed by atoms with Crippen LogP contribution in [0, 0.1) is 6.92 Å². The highest BCUT2D eigenvalue weighted by molar-refractivity contribution is 5.72. The third kappa shape index (κ3) is 1.14. The van der Waals surface area contributed by atoms with Gasteiger partial charge in [-0.25, -0.2) is 9.78 Å². The summed E-state index contributed by atoms with van der Waals surface area (Å²) in [7, 11) is 1.42. The minimum absolute atomic E-state index is 0.298. The summed E-state index contributed by atoms with van der Waals surface area (Å²) < 4.78 is 1.01. The maximum atomic E-state index is 11.6. The molecule has 0 unspecified atom stereocenters. The fourth-order valence-corrected chi connectivity index (χ4v) is 1.27. The van der Waals surface area contributed by atoms with Crippen molar-refractivity contribution in [3.8, 4) is 0 Å². The summed E-state index contributed by atoms with van der Waals surface area (Å²) in [5, 5.41) is 0. The Morgan fingerprint density at radius 2 is 2.07 bits per heavy atom. The smallest absolute Gasteiger partial charge is 0.305 e. The van der Waals surface area contributed by atoms with Gasteiger partial charge in [0.05, 0.1) is 5.52 Å². The van der Waals surface area contributed by atoms with Crippen molar-refractivity contribution in [3.63, 3.8) is 0 Å². The van der Waals surface area contributed by atoms with Crippen LogP contribution in [0.4, 0.5) is 0 Å². The van der Waals surface area contributed by atoms with Gasteiger partial charge in [-0.1, -0.05) is 0 Å². The molecule has 0 atom stereocenters. The molecular weight excluding hydrogens is 182 g/mol. The van der Waals surface area contributed by atoms with E-state index in [0.717, 1.165) is 10.3 Å². The van der Waals surface area contributed by atoms with Crippen LogP contribution in [0.3, 0.4) is 0 Å². The second kappa shape index (κ2) is 2.80. The van der Waals surface area contributed by atoms with Gasteiger partial charge in [0.2, 0.25) is 0 Å². The minimum Gasteiger partial charge on any atom is -0.305 e. The van der Waals surface area contributed by atoms with Crippen LogP contribution >= 0.6 is 0 Å². The molecule has 2 aromatic heterocycles. The van der Waals surface area contributed by atoms with E-state index in [1.54, 1.807) is 19.1 Å². The summed E-state index contributed by atoms with van der Waals surface area (Å²) in [5.41, 5.74) is 0.734. The Balaban J connectivity index is 3.07. The molecule has 5 heteroatoms. The number of nitrogens with one attached hydrogen (secondary N) is 1. The van der Waals surface area contributed by atoms with E-state index in [-0.39, 0.29) is 5.56 Å². The number of hydrogen-bond donors (Lipinski definition) is 1. The predicted octanol–water partition coefficient (Wildman–Crippen LogP) is -0.0698. The normalized spacial score (nSPS) is 10.7. The maximum absolute atomic E-state index is 11.6. The van der Waals surface area contributed by atoms with Crippen molar-refractivity contribution in [2.24, 2.45) is 7.05 Å². The molecule has 0 spiro atoms. The summed E-state index contributed by atoms with van der Waals surface area (Å²) in [6, 6.07) is 3.43. The van der Waals surface area contributed by atoms with E-state index in [0.29, 0.717) is 11.0 Å². The van der Waals surface area contributed by atoms with Crippen LogP contribution in [0.2, 0.25) is 0 Å². The van der Waals surface area contributed by atoms with Gasteiger partial charge < -0.3 is 4.98 Å². The summed E-state index contributed by atoms with van der Waals surface area (Å²) in [6.45, 7) is 1.80. The average Bonchev–Trinajstić information content (AvgIpc) is 2.16. The highest BCUT2D eigenvalue weighted by Crippen LogP contribution is 2.02. The minimum atomic E-state index is -0.423. The number of rotatable bonds is 0. The van der Waals surface area contributed by atoms with Gasteiger partial charge in [0.25, 0.3) is 5.56 Å². The summed E-state index contributed by atoms with van der Waals surface area (Å²) >= 11 is 0. The number of pyridine rings is 1. The second-order valence-electron chi connectivity index (χ2n) is 3.14. The van der Waals surface area contributed by atoms with Gasteiger partial charge in [0.1, 0.15) is 0 Å². The third-order valence-electron chi connectivity index (χ3n) is 2.09. The van der Waals surface area contributed by atoms with Gasteiger partial charge in [-0.2, -0.15) is 0 Å². The Bertz CT molecular complexity index is 609. The Hall–Kier alpha value is -1.91. The monoisotopic (exact) mass is 191 g/mol. The first-order valence-electron chi connectivity index (χ1n) is 4.16. The number of nitrogens with zero attached hydrogens (tertiary/aromatic N) is 2. The molecule has 0 aliphatic heterocycles. The van der Waals surface area contributed by atoms with E-state index in [1.807, 2.05) is 0 Å². The molecule has 0 aliphatic rings. The van der Waals surface area contributed by atoms with E-state index in [9.17, 15) is 9.59 Å². The van der Waals surface area contributed by atoms with Gasteiger partial charge in [-0.3, -0.25) is 9.36 Å². The molecule has 5 nitrogen and oxygen atoms in total. The zero-order chi connectivity index (χ0) is 10.3. The quantitative estimate of drug-likeness (QED) is 0.633. The summed E-state index contributed by atoms with van der Waals surface area (Å²) in [5.74, 6) is 0. The highest BCUT2D eigenvalue weighted by atomic mass is 16.2. The standard InChI is InChI=1S/C9H9N3O2/c1-5-3-4-6-7(10-5)8(13)12(2)9(14)11-6/h3-4H,1-2H3,(H,11,14). The number of fused-ring (bicyclic) bond motifs is 1. The lowest BCUT2D eigenvalue weighted by Crippen LogP contribution is -2.32. The van der Waals surface area contributed by atoms with Crippen LogP contribution in [0.1, 0.15) is 5.69 Å². The van der Waals surface area contributed by atoms with Crippen molar-refractivity contribution < 1.29 is 0 Å². The molecule has 0 aliphatic carbocycles. The van der Waals surface area contributed by atoms with Crippen LogP contribution in [0.25, 0.3) is 11.0 Å². The van der Waals surface area contributed by atoms with Gasteiger partial charge in [0, 0.05) is 12.7 Å². The topological polar surface area (TPSA) is 67.8 Å². The second-order valence-corrected chi connectivity index (χ2v) is 3.14. The molecule has 2 aromatic rings. The van der Waals surface area contributed by atoms with Crippen molar-refractivity contribution >= 4 is 11.0 Å². The zero-order valence-corrected chi connectivity index (χ0v) is 7.87. The molecule has 0 saturated heterocycles. The molecule has 0 saturated carbocycles. The predicted molar refractivity (Wildman–Crippen MR) is 52.3 cm³/mol. The van der Waals surface area contributed by atoms with Gasteiger partial charge >= 0.3 is 5.69 Å². The summed E-state index contributed by atoms with van der Waals surface area (Å²) in [4.78, 5) is 29.4. The van der Waals surface area contributed by atoms with Crippen LogP contribution in [-0.4, -0.2) is 14.5 Å². The SMILES string of the molecule is Cc1ccc2[nH]c(=O)n(C)c(=O)c2n1. The summed E-state index contributed by atoms with van der Waals surface area (Å²) in [6.07, 6.45) is 0. The van der Waals surface area contributed by atoms with E-state index >= 15 is 0 Å². The number of aryl methyl sites for hydroxylation is 1. The maximum Gasteiger partial charge on any atom is 0.328 e. The lowest BCUT2D eigenvalue weighted by Gasteiger charge is -2.00. The van der Waals surface area contributed by atoms with Crippen molar-refractivity contribution in [2.45, 2.75) is 6.92 Å². The van der Waals surface area contributed by atoms with Gasteiger partial charge in [-0.15, -0.1) is 0 Å². The van der Waals surface area contributed by atoms with Gasteiger partial charge in [-0.05, 0) is 19.1 Å². The molecule has 2 rings (SSSR count). The molecule has 0 fully saturated rings. The molecule has 72 valence electrons. The van der Waals surface area contributed by atoms with Crippen molar-refractivity contribution in [2.75, 3.05) is 0 Å². The van der Waals surface area contributed by atoms with Crippen LogP contribution < -0.4 is 11.2 Å². The zero-order valence-electron chi connectivity index (χ0n) is 7.87. The fraction of sp³-hybridized carbons (Fsp3) is 0.222. The van der Waals surface area contributed by atoms with Crippen LogP contribution in [0.5, 0.6) is 0 Å². The van der Waals surface area contributed by atoms with Gasteiger partial charge in [0.15, 0.2) is 5.52 Å². The van der Waals surface area contributed by atoms with Crippen molar-refractivity contribution in [1.82, 2.24) is 14.5 Å². The lowest BCUT2D eigenvalue weighted by molar-refractivity contribution is 0.789. The van der Waals surface area contributed by atoms with E-state index in [4.69, 9.17) is 0 Å². The molecular formula is C9H9N3O2. The molecule has 14 heavy (non-hydrogen) atoms. The molecule has 1 N–H and O–H groups in total. The third-order valence-corrected chi connectivity index (χ3v) is 2.09. The first-order valence-corrected chi connectivity index (χ1v) is 4.16. The Morgan fingerprint density at radius 1 is 1.36 bits per heavy atom. The van der Waals surface area contributed by atoms with Crippen LogP contribution in [-0.2, 0) is 7.05 Å². The largest absolute Gasteiger partial charge is 0.328 e. The average molecular weight is 191 g/mol. The van der Waals surface area contributed by atoms with E-state index in [1.165, 1.54) is 7.05 Å². The number of aromatic nitrogens is 3. The first kappa shape index (κ1) is 8.68. The Labute approximate surface area is 79.0 Å². The Morgan fingerprint density at radius 3 is 2.79 bits per heavy atom. The molecule has 0 aromatic carbocycles. The van der Waals surface area contributed by atoms with Crippen LogP contribution in [0.15, 0.2) is 21.7 Å². The number of aromatic amines is 1. The number of H-pyrrole nitrogens is 1. The Kier molecular flexibility index (Phi) is 1.73.